The highest BCUT2D eigenvalue weighted by atomic mass is 35.5. The summed E-state index contributed by atoms with van der Waals surface area (Å²) in [5.41, 5.74) is 3.11. The highest BCUT2D eigenvalue weighted by Gasteiger charge is 2.27. The summed E-state index contributed by atoms with van der Waals surface area (Å²) in [5, 5.41) is 0. The maximum atomic E-state index is 12.5. The molecule has 108 valence electrons. The van der Waals surface area contributed by atoms with Crippen LogP contribution in [0.4, 0.5) is 0 Å². The van der Waals surface area contributed by atoms with Crippen LogP contribution >= 0.6 is 11.6 Å². The number of likely N-dealkylation sites (tertiary alicyclic amines) is 1. The van der Waals surface area contributed by atoms with Crippen LogP contribution in [-0.2, 0) is 5.88 Å². The summed E-state index contributed by atoms with van der Waals surface area (Å²) in [6.45, 7) is 1.63. The van der Waals surface area contributed by atoms with E-state index in [-0.39, 0.29) is 5.91 Å². The Kier molecular flexibility index (Phi) is 4.26. The van der Waals surface area contributed by atoms with E-state index in [9.17, 15) is 4.79 Å². The summed E-state index contributed by atoms with van der Waals surface area (Å²) in [7, 11) is 0. The Balaban J connectivity index is 1.69. The zero-order valence-corrected chi connectivity index (χ0v) is 12.6. The van der Waals surface area contributed by atoms with Crippen molar-refractivity contribution in [2.75, 3.05) is 13.1 Å². The lowest BCUT2D eigenvalue weighted by Crippen LogP contribution is -2.28. The molecule has 0 radical (unpaired) electrons. The van der Waals surface area contributed by atoms with Gasteiger partial charge in [-0.2, -0.15) is 0 Å². The molecule has 1 unspecified atom stereocenters. The first-order valence-electron chi connectivity index (χ1n) is 7.27. The number of carbonyl (C=O) groups excluding carboxylic acids is 1. The van der Waals surface area contributed by atoms with E-state index in [1.54, 1.807) is 0 Å². The fourth-order valence-electron chi connectivity index (χ4n) is 2.86. The number of alkyl halides is 1. The summed E-state index contributed by atoms with van der Waals surface area (Å²) in [4.78, 5) is 14.5. The van der Waals surface area contributed by atoms with Crippen LogP contribution in [0.1, 0.15) is 33.8 Å². The van der Waals surface area contributed by atoms with Gasteiger partial charge in [0.1, 0.15) is 0 Å². The van der Waals surface area contributed by atoms with E-state index < -0.39 is 0 Å². The first-order valence-corrected chi connectivity index (χ1v) is 7.80. The van der Waals surface area contributed by atoms with E-state index in [0.29, 0.717) is 11.8 Å². The van der Waals surface area contributed by atoms with Crippen LogP contribution in [0.2, 0.25) is 0 Å². The average Bonchev–Trinajstić information content (AvgIpc) is 3.05. The fraction of sp³-hybridized carbons (Fsp3) is 0.278. The molecule has 0 spiro atoms. The maximum Gasteiger partial charge on any atom is 0.253 e. The predicted molar refractivity (Wildman–Crippen MR) is 85.7 cm³/mol. The summed E-state index contributed by atoms with van der Waals surface area (Å²) in [6.07, 6.45) is 1.04. The number of nitrogens with zero attached hydrogens (tertiary/aromatic N) is 1. The average molecular weight is 300 g/mol. The topological polar surface area (TPSA) is 20.3 Å². The minimum Gasteiger partial charge on any atom is -0.338 e. The van der Waals surface area contributed by atoms with Gasteiger partial charge >= 0.3 is 0 Å². The Morgan fingerprint density at radius 2 is 1.81 bits per heavy atom. The molecule has 3 rings (SSSR count). The monoisotopic (exact) mass is 299 g/mol. The van der Waals surface area contributed by atoms with Gasteiger partial charge in [-0.3, -0.25) is 4.79 Å². The Labute approximate surface area is 130 Å². The van der Waals surface area contributed by atoms with Crippen LogP contribution in [0.3, 0.4) is 0 Å². The van der Waals surface area contributed by atoms with Crippen LogP contribution in [0.15, 0.2) is 54.6 Å². The maximum absolute atomic E-state index is 12.5. The van der Waals surface area contributed by atoms with Crippen molar-refractivity contribution in [1.82, 2.24) is 4.90 Å². The van der Waals surface area contributed by atoms with E-state index in [0.717, 1.165) is 30.6 Å². The summed E-state index contributed by atoms with van der Waals surface area (Å²) in [6, 6.07) is 18.0. The molecule has 1 fully saturated rings. The molecule has 1 heterocycles. The minimum absolute atomic E-state index is 0.120. The Morgan fingerprint density at radius 3 is 2.48 bits per heavy atom. The normalized spacial score (nSPS) is 18.0. The third kappa shape index (κ3) is 3.11. The zero-order chi connectivity index (χ0) is 14.7. The van der Waals surface area contributed by atoms with Gasteiger partial charge in [0.05, 0.1) is 0 Å². The molecule has 3 heteroatoms. The molecule has 0 bridgehead atoms. The lowest BCUT2D eigenvalue weighted by molar-refractivity contribution is 0.0791. The quantitative estimate of drug-likeness (QED) is 0.783. The second kappa shape index (κ2) is 6.31. The van der Waals surface area contributed by atoms with Crippen LogP contribution in [-0.4, -0.2) is 23.9 Å². The first kappa shape index (κ1) is 14.2. The van der Waals surface area contributed by atoms with Crippen molar-refractivity contribution >= 4 is 17.5 Å². The van der Waals surface area contributed by atoms with E-state index in [1.807, 2.05) is 35.2 Å². The molecule has 0 N–H and O–H groups in total. The smallest absolute Gasteiger partial charge is 0.253 e. The molecule has 21 heavy (non-hydrogen) atoms. The molecule has 1 aliphatic rings. The number of benzene rings is 2. The molecule has 0 aliphatic carbocycles. The van der Waals surface area contributed by atoms with Gasteiger partial charge in [0.2, 0.25) is 0 Å². The van der Waals surface area contributed by atoms with Gasteiger partial charge in [0, 0.05) is 30.5 Å². The van der Waals surface area contributed by atoms with Crippen LogP contribution in [0.25, 0.3) is 0 Å². The second-order valence-corrected chi connectivity index (χ2v) is 5.75. The first-order chi connectivity index (χ1) is 10.3. The van der Waals surface area contributed by atoms with Crippen molar-refractivity contribution in [3.05, 3.63) is 71.3 Å². The Bertz CT molecular complexity index is 609. The van der Waals surface area contributed by atoms with Crippen molar-refractivity contribution in [3.8, 4) is 0 Å². The number of rotatable bonds is 3. The van der Waals surface area contributed by atoms with Crippen LogP contribution < -0.4 is 0 Å². The molecule has 2 nitrogen and oxygen atoms in total. The molecule has 2 aromatic rings. The molecule has 0 aromatic heterocycles. The van der Waals surface area contributed by atoms with E-state index in [4.69, 9.17) is 11.6 Å². The Hall–Kier alpha value is -1.80. The van der Waals surface area contributed by atoms with E-state index in [1.165, 1.54) is 5.56 Å². The molecule has 0 saturated carbocycles. The van der Waals surface area contributed by atoms with Gasteiger partial charge in [-0.1, -0.05) is 42.5 Å². The largest absolute Gasteiger partial charge is 0.338 e. The van der Waals surface area contributed by atoms with Crippen molar-refractivity contribution in [1.29, 1.82) is 0 Å². The third-order valence-electron chi connectivity index (χ3n) is 4.10. The van der Waals surface area contributed by atoms with Crippen molar-refractivity contribution in [2.45, 2.75) is 18.2 Å². The number of carbonyl (C=O) groups is 1. The zero-order valence-electron chi connectivity index (χ0n) is 11.8. The van der Waals surface area contributed by atoms with Gasteiger partial charge in [0.25, 0.3) is 5.91 Å². The second-order valence-electron chi connectivity index (χ2n) is 5.48. The Morgan fingerprint density at radius 1 is 1.10 bits per heavy atom. The standard InChI is InChI=1S/C18H18ClNO/c19-12-14-6-8-16(9-7-14)18(21)20-11-10-17(13-20)15-4-2-1-3-5-15/h1-9,17H,10-13H2. The van der Waals surface area contributed by atoms with Crippen molar-refractivity contribution in [2.24, 2.45) is 0 Å². The van der Waals surface area contributed by atoms with Gasteiger partial charge in [-0.05, 0) is 29.7 Å². The van der Waals surface area contributed by atoms with Gasteiger partial charge in [0.15, 0.2) is 0 Å². The summed E-state index contributed by atoms with van der Waals surface area (Å²) in [5.74, 6) is 1.06. The lowest BCUT2D eigenvalue weighted by Gasteiger charge is -2.17. The van der Waals surface area contributed by atoms with Crippen LogP contribution in [0, 0.1) is 0 Å². The van der Waals surface area contributed by atoms with Gasteiger partial charge in [-0.25, -0.2) is 0 Å². The number of amides is 1. The molecule has 2 aromatic carbocycles. The summed E-state index contributed by atoms with van der Waals surface area (Å²) >= 11 is 5.78. The minimum atomic E-state index is 0.120. The SMILES string of the molecule is O=C(c1ccc(CCl)cc1)N1CCC(c2ccccc2)C1. The lowest BCUT2D eigenvalue weighted by atomic mass is 9.99. The number of hydrogen-bond donors (Lipinski definition) is 0. The molecular formula is C18H18ClNO. The molecule has 1 amide bonds. The fourth-order valence-corrected chi connectivity index (χ4v) is 3.04. The van der Waals surface area contributed by atoms with E-state index >= 15 is 0 Å². The van der Waals surface area contributed by atoms with Gasteiger partial charge < -0.3 is 4.90 Å². The molecule has 1 aliphatic heterocycles. The van der Waals surface area contributed by atoms with Crippen LogP contribution in [0.5, 0.6) is 0 Å². The van der Waals surface area contributed by atoms with E-state index in [2.05, 4.69) is 24.3 Å². The summed E-state index contributed by atoms with van der Waals surface area (Å²) < 4.78 is 0. The predicted octanol–water partition coefficient (Wildman–Crippen LogP) is 4.06. The van der Waals surface area contributed by atoms with Gasteiger partial charge in [-0.15, -0.1) is 11.6 Å². The highest BCUT2D eigenvalue weighted by molar-refractivity contribution is 6.17. The highest BCUT2D eigenvalue weighted by Crippen LogP contribution is 2.28. The van der Waals surface area contributed by atoms with Crippen molar-refractivity contribution < 1.29 is 4.79 Å². The number of halogens is 1. The number of hydrogen-bond acceptors (Lipinski definition) is 1. The van der Waals surface area contributed by atoms with Crippen molar-refractivity contribution in [3.63, 3.8) is 0 Å². The molecule has 1 saturated heterocycles. The molecule has 1 atom stereocenters. The molecular weight excluding hydrogens is 282 g/mol. The third-order valence-corrected chi connectivity index (χ3v) is 4.41.